The predicted octanol–water partition coefficient (Wildman–Crippen LogP) is 2.46. The molecule has 1 aromatic carbocycles. The minimum absolute atomic E-state index is 0.163. The van der Waals surface area contributed by atoms with Gasteiger partial charge in [-0.1, -0.05) is 12.1 Å². The summed E-state index contributed by atoms with van der Waals surface area (Å²) < 4.78 is 0. The molecule has 0 unspecified atom stereocenters. The topological polar surface area (TPSA) is 98.5 Å². The second-order valence-electron chi connectivity index (χ2n) is 3.98. The van der Waals surface area contributed by atoms with Crippen LogP contribution in [-0.4, -0.2) is 4.98 Å². The van der Waals surface area contributed by atoms with Crippen molar-refractivity contribution >= 4 is 17.2 Å². The Balaban J connectivity index is 2.40. The number of hydrogen-bond donors (Lipinski definition) is 2. The average Bonchev–Trinajstić information content (AvgIpc) is 2.41. The molecule has 0 saturated heterocycles. The van der Waals surface area contributed by atoms with E-state index in [9.17, 15) is 0 Å². The van der Waals surface area contributed by atoms with Crippen molar-refractivity contribution in [3.8, 4) is 12.1 Å². The number of hydrogen-bond acceptors (Lipinski definition) is 5. The van der Waals surface area contributed by atoms with Crippen LogP contribution < -0.4 is 11.1 Å². The molecule has 0 amide bonds. The van der Waals surface area contributed by atoms with E-state index in [0.717, 1.165) is 5.56 Å². The molecule has 0 aliphatic carbocycles. The lowest BCUT2D eigenvalue weighted by Gasteiger charge is -2.09. The SMILES string of the molecule is Cc1cccc(Nc2ccc(N)c(C#N)n2)c1C#N. The number of nitrogens with two attached hydrogens (primary N) is 1. The van der Waals surface area contributed by atoms with E-state index in [0.29, 0.717) is 22.8 Å². The molecular weight excluding hydrogens is 238 g/mol. The molecule has 0 fully saturated rings. The van der Waals surface area contributed by atoms with Crippen molar-refractivity contribution in [3.05, 3.63) is 47.2 Å². The van der Waals surface area contributed by atoms with Gasteiger partial charge in [0.25, 0.3) is 0 Å². The monoisotopic (exact) mass is 249 g/mol. The van der Waals surface area contributed by atoms with Crippen LogP contribution in [0, 0.1) is 29.6 Å². The molecule has 2 rings (SSSR count). The number of nitriles is 2. The molecule has 19 heavy (non-hydrogen) atoms. The number of benzene rings is 1. The van der Waals surface area contributed by atoms with Crippen molar-refractivity contribution in [1.29, 1.82) is 10.5 Å². The first-order valence-corrected chi connectivity index (χ1v) is 5.59. The van der Waals surface area contributed by atoms with Gasteiger partial charge in [-0.25, -0.2) is 4.98 Å². The van der Waals surface area contributed by atoms with Crippen molar-refractivity contribution in [2.45, 2.75) is 6.92 Å². The molecule has 0 spiro atoms. The molecule has 0 bridgehead atoms. The maximum absolute atomic E-state index is 9.14. The van der Waals surface area contributed by atoms with Crippen LogP contribution in [0.25, 0.3) is 0 Å². The van der Waals surface area contributed by atoms with E-state index < -0.39 is 0 Å². The molecule has 0 saturated carbocycles. The molecule has 2 aromatic rings. The number of pyridine rings is 1. The summed E-state index contributed by atoms with van der Waals surface area (Å²) in [4.78, 5) is 4.08. The fraction of sp³-hybridized carbons (Fsp3) is 0.0714. The fourth-order valence-corrected chi connectivity index (χ4v) is 1.69. The van der Waals surface area contributed by atoms with Gasteiger partial charge >= 0.3 is 0 Å². The van der Waals surface area contributed by atoms with E-state index in [4.69, 9.17) is 16.3 Å². The van der Waals surface area contributed by atoms with Gasteiger partial charge in [0, 0.05) is 0 Å². The molecule has 1 aromatic heterocycles. The lowest BCUT2D eigenvalue weighted by molar-refractivity contribution is 1.25. The van der Waals surface area contributed by atoms with Crippen LogP contribution in [0.1, 0.15) is 16.8 Å². The Labute approximate surface area is 110 Å². The summed E-state index contributed by atoms with van der Waals surface area (Å²) in [7, 11) is 0. The Kier molecular flexibility index (Phi) is 3.31. The zero-order valence-electron chi connectivity index (χ0n) is 10.3. The smallest absolute Gasteiger partial charge is 0.165 e. The van der Waals surface area contributed by atoms with Crippen LogP contribution in [0.4, 0.5) is 17.2 Å². The third kappa shape index (κ3) is 2.46. The first-order chi connectivity index (χ1) is 9.15. The highest BCUT2D eigenvalue weighted by Gasteiger charge is 2.07. The van der Waals surface area contributed by atoms with E-state index >= 15 is 0 Å². The van der Waals surface area contributed by atoms with Gasteiger partial charge in [0.1, 0.15) is 18.0 Å². The van der Waals surface area contributed by atoms with Crippen LogP contribution in [-0.2, 0) is 0 Å². The highest BCUT2D eigenvalue weighted by atomic mass is 15.0. The van der Waals surface area contributed by atoms with Gasteiger partial charge in [-0.05, 0) is 30.7 Å². The number of aromatic nitrogens is 1. The van der Waals surface area contributed by atoms with Crippen molar-refractivity contribution in [2.75, 3.05) is 11.1 Å². The van der Waals surface area contributed by atoms with Crippen molar-refractivity contribution in [1.82, 2.24) is 4.98 Å². The zero-order valence-corrected chi connectivity index (χ0v) is 10.3. The Bertz CT molecular complexity index is 707. The molecule has 0 atom stereocenters. The number of aryl methyl sites for hydroxylation is 1. The summed E-state index contributed by atoms with van der Waals surface area (Å²) in [6.45, 7) is 1.86. The maximum Gasteiger partial charge on any atom is 0.165 e. The third-order valence-electron chi connectivity index (χ3n) is 2.68. The first-order valence-electron chi connectivity index (χ1n) is 5.59. The fourth-order valence-electron chi connectivity index (χ4n) is 1.69. The minimum Gasteiger partial charge on any atom is -0.396 e. The van der Waals surface area contributed by atoms with E-state index in [1.54, 1.807) is 18.2 Å². The lowest BCUT2D eigenvalue weighted by atomic mass is 10.1. The number of rotatable bonds is 2. The number of nitrogens with zero attached hydrogens (tertiary/aromatic N) is 3. The minimum atomic E-state index is 0.163. The third-order valence-corrected chi connectivity index (χ3v) is 2.68. The van der Waals surface area contributed by atoms with E-state index in [1.165, 1.54) is 0 Å². The van der Waals surface area contributed by atoms with Crippen LogP contribution in [0.15, 0.2) is 30.3 Å². The Morgan fingerprint density at radius 1 is 1.16 bits per heavy atom. The summed E-state index contributed by atoms with van der Waals surface area (Å²) in [6.07, 6.45) is 0. The molecule has 5 nitrogen and oxygen atoms in total. The molecule has 0 radical (unpaired) electrons. The summed E-state index contributed by atoms with van der Waals surface area (Å²) in [5, 5.41) is 21.0. The maximum atomic E-state index is 9.14. The Morgan fingerprint density at radius 2 is 1.95 bits per heavy atom. The number of nitrogen functional groups attached to an aromatic ring is 1. The van der Waals surface area contributed by atoms with Gasteiger partial charge in [0.05, 0.1) is 16.9 Å². The average molecular weight is 249 g/mol. The van der Waals surface area contributed by atoms with Crippen LogP contribution in [0.5, 0.6) is 0 Å². The van der Waals surface area contributed by atoms with Crippen molar-refractivity contribution in [2.24, 2.45) is 0 Å². The van der Waals surface area contributed by atoms with Crippen molar-refractivity contribution < 1.29 is 0 Å². The van der Waals surface area contributed by atoms with Gasteiger partial charge < -0.3 is 11.1 Å². The standard InChI is InChI=1S/C14H11N5/c1-9-3-2-4-12(10(9)7-15)18-14-6-5-11(17)13(8-16)19-14/h2-6H,17H2,1H3,(H,18,19). The predicted molar refractivity (Wildman–Crippen MR) is 72.5 cm³/mol. The second-order valence-corrected chi connectivity index (χ2v) is 3.98. The van der Waals surface area contributed by atoms with Crippen LogP contribution in [0.3, 0.4) is 0 Å². The quantitative estimate of drug-likeness (QED) is 0.851. The molecular formula is C14H11N5. The Hall–Kier alpha value is -3.05. The van der Waals surface area contributed by atoms with Gasteiger partial charge in [0.15, 0.2) is 5.69 Å². The van der Waals surface area contributed by atoms with Gasteiger partial charge in [0.2, 0.25) is 0 Å². The van der Waals surface area contributed by atoms with Gasteiger partial charge in [-0.3, -0.25) is 0 Å². The second kappa shape index (κ2) is 5.07. The summed E-state index contributed by atoms with van der Waals surface area (Å²) in [5.41, 5.74) is 8.19. The van der Waals surface area contributed by atoms with Crippen molar-refractivity contribution in [3.63, 3.8) is 0 Å². The Morgan fingerprint density at radius 3 is 2.63 bits per heavy atom. The van der Waals surface area contributed by atoms with E-state index in [1.807, 2.05) is 25.1 Å². The molecule has 0 aliphatic heterocycles. The summed E-state index contributed by atoms with van der Waals surface area (Å²) in [6, 6.07) is 12.8. The number of anilines is 3. The highest BCUT2D eigenvalue weighted by molar-refractivity contribution is 5.68. The molecule has 5 heteroatoms. The van der Waals surface area contributed by atoms with E-state index in [-0.39, 0.29) is 5.69 Å². The van der Waals surface area contributed by atoms with Gasteiger partial charge in [-0.2, -0.15) is 10.5 Å². The van der Waals surface area contributed by atoms with Crippen LogP contribution >= 0.6 is 0 Å². The highest BCUT2D eigenvalue weighted by Crippen LogP contribution is 2.23. The first kappa shape index (κ1) is 12.4. The summed E-state index contributed by atoms with van der Waals surface area (Å²) in [5.74, 6) is 0.479. The van der Waals surface area contributed by atoms with Gasteiger partial charge in [-0.15, -0.1) is 0 Å². The number of nitrogens with one attached hydrogen (secondary N) is 1. The molecule has 1 heterocycles. The molecule has 0 aliphatic rings. The zero-order chi connectivity index (χ0) is 13.8. The van der Waals surface area contributed by atoms with E-state index in [2.05, 4.69) is 16.4 Å². The largest absolute Gasteiger partial charge is 0.396 e. The molecule has 3 N–H and O–H groups in total. The molecule has 92 valence electrons. The summed E-state index contributed by atoms with van der Waals surface area (Å²) >= 11 is 0. The normalized spacial score (nSPS) is 9.42. The van der Waals surface area contributed by atoms with Crippen LogP contribution in [0.2, 0.25) is 0 Å². The lowest BCUT2D eigenvalue weighted by Crippen LogP contribution is -2.00.